The third kappa shape index (κ3) is 8.90. The van der Waals surface area contributed by atoms with Gasteiger partial charge >= 0.3 is 31.1 Å². The molecule has 3 N–H and O–H groups in total. The van der Waals surface area contributed by atoms with Gasteiger partial charge in [-0.05, 0) is 31.2 Å². The van der Waals surface area contributed by atoms with Crippen molar-refractivity contribution in [3.63, 3.8) is 0 Å². The Labute approximate surface area is 219 Å². The summed E-state index contributed by atoms with van der Waals surface area (Å²) in [6.45, 7) is 3.85. The summed E-state index contributed by atoms with van der Waals surface area (Å²) < 4.78 is 14.7. The van der Waals surface area contributed by atoms with Gasteiger partial charge < -0.3 is 25.5 Å². The van der Waals surface area contributed by atoms with Crippen molar-refractivity contribution in [3.8, 4) is 6.07 Å². The molecule has 0 unspecified atom stereocenters. The predicted molar refractivity (Wildman–Crippen MR) is 118 cm³/mol. The normalized spacial score (nSPS) is 9.88. The summed E-state index contributed by atoms with van der Waals surface area (Å²) in [7, 11) is 4.82. The monoisotopic (exact) mass is 693 g/mol. The van der Waals surface area contributed by atoms with Crippen molar-refractivity contribution in [1.82, 2.24) is 4.57 Å². The van der Waals surface area contributed by atoms with Crippen LogP contribution < -0.4 is 5.32 Å². The first-order valence-electron chi connectivity index (χ1n) is 9.72. The first kappa shape index (κ1) is 30.8. The molecule has 1 aromatic carbocycles. The number of aromatic nitrogens is 1. The van der Waals surface area contributed by atoms with Gasteiger partial charge in [0.05, 0.1) is 5.56 Å². The van der Waals surface area contributed by atoms with E-state index < -0.39 is 23.4 Å². The average molecular weight is 694 g/mol. The molecule has 3 radical (unpaired) electrons. The van der Waals surface area contributed by atoms with Crippen molar-refractivity contribution in [2.45, 2.75) is 33.1 Å². The quantitative estimate of drug-likeness (QED) is 0.190. The number of Topliss-reactive ketones (excluding diaryl/α,β-unsaturated/α-hetero) is 1. The van der Waals surface area contributed by atoms with E-state index in [1.165, 1.54) is 42.7 Å². The minimum absolute atomic E-state index is 0. The second-order valence-electron chi connectivity index (χ2n) is 6.87. The van der Waals surface area contributed by atoms with E-state index in [9.17, 15) is 18.8 Å². The van der Waals surface area contributed by atoms with Crippen molar-refractivity contribution in [3.05, 3.63) is 63.9 Å². The first-order valence-corrected chi connectivity index (χ1v) is 10.2. The van der Waals surface area contributed by atoms with E-state index in [-0.39, 0.29) is 60.2 Å². The van der Waals surface area contributed by atoms with Gasteiger partial charge in [0.25, 0.3) is 5.91 Å². The van der Waals surface area contributed by atoms with E-state index in [1.807, 2.05) is 0 Å². The number of unbranched alkanes of at least 4 members (excludes halogenated alkanes) is 1. The number of hydrogen-bond acceptors (Lipinski definition) is 5. The molecule has 0 aliphatic heterocycles. The number of nitrogens with one attached hydrogen (secondary N) is 2. The fourth-order valence-corrected chi connectivity index (χ4v) is 2.80. The van der Waals surface area contributed by atoms with Crippen LogP contribution in [0.5, 0.6) is 0 Å². The Bertz CT molecular complexity index is 1040. The van der Waals surface area contributed by atoms with Crippen LogP contribution in [0.15, 0.2) is 24.3 Å². The molecule has 0 fully saturated rings. The van der Waals surface area contributed by atoms with Crippen LogP contribution in [0.4, 0.5) is 10.1 Å². The third-order valence-corrected chi connectivity index (χ3v) is 4.99. The molecule has 0 saturated carbocycles. The summed E-state index contributed by atoms with van der Waals surface area (Å²) in [6.07, 6.45) is 3.36. The number of rotatable bonds is 8. The Hall–Kier alpha value is -2.24. The van der Waals surface area contributed by atoms with Crippen LogP contribution in [0.3, 0.4) is 0 Å². The molecule has 0 aliphatic carbocycles. The molecule has 0 aliphatic rings. The molecule has 2 amide bonds. The number of ketones is 1. The minimum Gasteiger partial charge on any atom is -0.661 e. The number of anilines is 1. The molecular formula is C22H24FN4O4SiU. The molecule has 11 heteroatoms. The summed E-state index contributed by atoms with van der Waals surface area (Å²) in [5.74, 6) is -3.68. The zero-order chi connectivity index (χ0) is 24.4. The van der Waals surface area contributed by atoms with E-state index in [4.69, 9.17) is 16.1 Å². The van der Waals surface area contributed by atoms with E-state index in [0.717, 1.165) is 18.0 Å². The number of aliphatic hydroxyl groups is 1. The number of nitriles is 1. The number of carbonyl (C=O) groups excluding carboxylic acids is 3. The van der Waals surface area contributed by atoms with Gasteiger partial charge in [-0.1, -0.05) is 26.4 Å². The zero-order valence-corrected chi connectivity index (χ0v) is 23.7. The smallest absolute Gasteiger partial charge is 0.661 e. The fourth-order valence-electron chi connectivity index (χ4n) is 2.62. The first-order chi connectivity index (χ1) is 15.1. The summed E-state index contributed by atoms with van der Waals surface area (Å²) >= 11 is 0. The van der Waals surface area contributed by atoms with Gasteiger partial charge in [0.2, 0.25) is 5.78 Å². The Morgan fingerprint density at radius 3 is 2.48 bits per heavy atom. The molecule has 2 rings (SSSR count). The number of nitrogens with zero attached hydrogens (tertiary/aromatic N) is 2. The van der Waals surface area contributed by atoms with Crippen molar-refractivity contribution in [1.29, 1.82) is 5.26 Å². The van der Waals surface area contributed by atoms with Crippen molar-refractivity contribution >= 4 is 33.5 Å². The SMILES string of the molecule is CCCC[C-]([Si])CO.Cc1c(C(=O)C([NH-])=O)cc(C(=O)Nc2ccc(F)c(C#N)c2)n1C.[U+2]. The van der Waals surface area contributed by atoms with Crippen LogP contribution >= 0.6 is 0 Å². The predicted octanol–water partition coefficient (Wildman–Crippen LogP) is 3.23. The molecule has 33 heavy (non-hydrogen) atoms. The molecule has 171 valence electrons. The molecule has 2 aromatic rings. The molecule has 1 heterocycles. The molecule has 1 aromatic heterocycles. The molecule has 0 saturated heterocycles. The number of aliphatic hydroxyl groups excluding tert-OH is 1. The second kappa shape index (κ2) is 14.8. The second-order valence-corrected chi connectivity index (χ2v) is 7.58. The standard InChI is InChI=1S/C16H13FN4O3.C6H12OSi.U/c1-8-11(14(22)15(19)23)6-13(21(8)2)16(24)20-10-3-4-12(17)9(5-10)7-18;1-2-3-4-6(8)5-7;/h3-6H,1-2H3,(H3,19,20,23,24);7H,2-5H2,1H3;/q;-1;+2/p-1. The number of amides is 2. The molecule has 0 bridgehead atoms. The van der Waals surface area contributed by atoms with Gasteiger partial charge in [-0.15, -0.1) is 0 Å². The topological polar surface area (TPSA) is 136 Å². The van der Waals surface area contributed by atoms with E-state index in [0.29, 0.717) is 5.69 Å². The third-order valence-electron chi connectivity index (χ3n) is 4.59. The van der Waals surface area contributed by atoms with E-state index in [1.54, 1.807) is 13.0 Å². The Balaban J connectivity index is 0.000000978. The van der Waals surface area contributed by atoms with Crippen LogP contribution in [0.2, 0.25) is 0 Å². The molecule has 0 spiro atoms. The average Bonchev–Trinajstić information content (AvgIpc) is 3.07. The summed E-state index contributed by atoms with van der Waals surface area (Å²) in [6, 6.07) is 6.41. The largest absolute Gasteiger partial charge is 2.00 e. The Morgan fingerprint density at radius 1 is 1.33 bits per heavy atom. The maximum absolute atomic E-state index is 13.3. The minimum atomic E-state index is -1.37. The van der Waals surface area contributed by atoms with Gasteiger partial charge in [-0.2, -0.15) is 11.7 Å². The van der Waals surface area contributed by atoms with Crippen molar-refractivity contribution < 1.29 is 55.0 Å². The zero-order valence-electron chi connectivity index (χ0n) is 18.6. The Morgan fingerprint density at radius 2 is 1.97 bits per heavy atom. The van der Waals surface area contributed by atoms with Crippen LogP contribution in [-0.2, 0) is 11.8 Å². The molecular weight excluding hydrogens is 669 g/mol. The number of benzene rings is 1. The number of hydrogen-bond donors (Lipinski definition) is 2. The van der Waals surface area contributed by atoms with Crippen molar-refractivity contribution in [2.75, 3.05) is 11.9 Å². The van der Waals surface area contributed by atoms with Crippen LogP contribution in [0.25, 0.3) is 5.73 Å². The van der Waals surface area contributed by atoms with Gasteiger partial charge in [0.1, 0.15) is 23.5 Å². The van der Waals surface area contributed by atoms with E-state index >= 15 is 0 Å². The number of carbonyl (C=O) groups is 3. The summed E-state index contributed by atoms with van der Waals surface area (Å²) in [4.78, 5) is 34.9. The number of halogens is 1. The van der Waals surface area contributed by atoms with Crippen molar-refractivity contribution in [2.24, 2.45) is 7.05 Å². The Kier molecular flexibility index (Phi) is 13.8. The van der Waals surface area contributed by atoms with Gasteiger partial charge in [0.15, 0.2) is 0 Å². The molecule has 0 atom stereocenters. The maximum Gasteiger partial charge on any atom is 2.00 e. The maximum atomic E-state index is 13.3. The summed E-state index contributed by atoms with van der Waals surface area (Å²) in [5, 5.41) is 19.8. The van der Waals surface area contributed by atoms with Gasteiger partial charge in [0, 0.05) is 24.0 Å². The molecule has 8 nitrogen and oxygen atoms in total. The fraction of sp³-hybridized carbons (Fsp3) is 0.318. The van der Waals surface area contributed by atoms with Crippen LogP contribution in [-0.4, -0.2) is 44.1 Å². The summed E-state index contributed by atoms with van der Waals surface area (Å²) in [5.41, 5.74) is 8.30. The van der Waals surface area contributed by atoms with Gasteiger partial charge in [-0.25, -0.2) is 14.6 Å². The van der Waals surface area contributed by atoms with Crippen LogP contribution in [0, 0.1) is 60.7 Å². The van der Waals surface area contributed by atoms with Gasteiger partial charge in [-0.3, -0.25) is 15.1 Å². The van der Waals surface area contributed by atoms with Crippen LogP contribution in [0.1, 0.15) is 58.3 Å². The van der Waals surface area contributed by atoms with E-state index in [2.05, 4.69) is 22.5 Å².